The first-order valence-electron chi connectivity index (χ1n) is 12.6. The molecule has 4 heteroatoms. The molecular weight excluding hydrogens is 382 g/mol. The summed E-state index contributed by atoms with van der Waals surface area (Å²) in [6.45, 7) is 10.5. The summed E-state index contributed by atoms with van der Waals surface area (Å²) < 4.78 is 6.34. The van der Waals surface area contributed by atoms with E-state index in [0.717, 1.165) is 71.0 Å². The molecule has 2 N–H and O–H groups in total. The maximum absolute atomic E-state index is 6.34. The fraction of sp³-hybridized carbons (Fsp3) is 0.630. The van der Waals surface area contributed by atoms with Gasteiger partial charge in [0.25, 0.3) is 0 Å². The van der Waals surface area contributed by atoms with E-state index in [1.807, 2.05) is 0 Å². The molecule has 1 fully saturated rings. The number of hydrogen-bond donors (Lipinski definition) is 1. The third kappa shape index (κ3) is 7.78. The molecule has 0 unspecified atom stereocenters. The van der Waals surface area contributed by atoms with Crippen molar-refractivity contribution >= 4 is 10.8 Å². The van der Waals surface area contributed by atoms with Crippen LogP contribution in [0.1, 0.15) is 63.9 Å². The van der Waals surface area contributed by atoms with Gasteiger partial charge in [0.1, 0.15) is 5.75 Å². The summed E-state index contributed by atoms with van der Waals surface area (Å²) in [5, 5.41) is 2.65. The molecular formula is C27H43N3O. The van der Waals surface area contributed by atoms with Crippen molar-refractivity contribution in [2.45, 2.75) is 64.8 Å². The summed E-state index contributed by atoms with van der Waals surface area (Å²) in [6, 6.07) is 13.1. The van der Waals surface area contributed by atoms with E-state index in [4.69, 9.17) is 10.5 Å². The number of rotatable bonds is 14. The number of nitrogens with zero attached hydrogens (tertiary/aromatic N) is 2. The highest BCUT2D eigenvalue weighted by Gasteiger charge is 2.19. The summed E-state index contributed by atoms with van der Waals surface area (Å²) >= 11 is 0. The van der Waals surface area contributed by atoms with E-state index < -0.39 is 0 Å². The summed E-state index contributed by atoms with van der Waals surface area (Å²) in [6.07, 6.45) is 10.3. The van der Waals surface area contributed by atoms with Crippen molar-refractivity contribution in [2.24, 2.45) is 5.73 Å². The summed E-state index contributed by atoms with van der Waals surface area (Å²) in [5.41, 5.74) is 7.04. The zero-order valence-corrected chi connectivity index (χ0v) is 19.7. The predicted octanol–water partition coefficient (Wildman–Crippen LogP) is 5.44. The summed E-state index contributed by atoms with van der Waals surface area (Å²) in [7, 11) is 0. The normalized spacial score (nSPS) is 15.5. The monoisotopic (exact) mass is 425 g/mol. The number of ether oxygens (including phenoxy) is 1. The van der Waals surface area contributed by atoms with Gasteiger partial charge in [-0.1, -0.05) is 75.8 Å². The van der Waals surface area contributed by atoms with Crippen LogP contribution in [0.3, 0.4) is 0 Å². The van der Waals surface area contributed by atoms with E-state index in [-0.39, 0.29) is 0 Å². The average molecular weight is 426 g/mol. The van der Waals surface area contributed by atoms with Crippen molar-refractivity contribution in [3.05, 3.63) is 42.0 Å². The van der Waals surface area contributed by atoms with Crippen LogP contribution in [0.15, 0.2) is 36.4 Å². The van der Waals surface area contributed by atoms with E-state index >= 15 is 0 Å². The van der Waals surface area contributed by atoms with Crippen LogP contribution in [0.5, 0.6) is 5.75 Å². The lowest BCUT2D eigenvalue weighted by Gasteiger charge is -2.35. The molecule has 172 valence electrons. The van der Waals surface area contributed by atoms with E-state index in [9.17, 15) is 0 Å². The fourth-order valence-corrected chi connectivity index (χ4v) is 4.57. The molecule has 0 amide bonds. The van der Waals surface area contributed by atoms with Crippen LogP contribution in [0.25, 0.3) is 10.8 Å². The van der Waals surface area contributed by atoms with Crippen molar-refractivity contribution in [1.82, 2.24) is 9.80 Å². The van der Waals surface area contributed by atoms with Crippen LogP contribution in [-0.4, -0.2) is 55.7 Å². The molecule has 0 bridgehead atoms. The van der Waals surface area contributed by atoms with Crippen LogP contribution < -0.4 is 10.5 Å². The van der Waals surface area contributed by atoms with Crippen molar-refractivity contribution in [3.8, 4) is 5.75 Å². The largest absolute Gasteiger partial charge is 0.493 e. The lowest BCUT2D eigenvalue weighted by molar-refractivity contribution is 0.126. The standard InChI is InChI=1S/C27H43N3O/c1-2-3-4-5-6-7-10-22-31-27-15-14-24-12-8-9-13-25(24)26(27)23-30-20-18-29(19-21-30)17-11-16-28/h8-9,12-15H,2-7,10-11,16-23,28H2,1H3. The first-order valence-corrected chi connectivity index (χ1v) is 12.6. The highest BCUT2D eigenvalue weighted by atomic mass is 16.5. The molecule has 31 heavy (non-hydrogen) atoms. The quantitative estimate of drug-likeness (QED) is 0.410. The van der Waals surface area contributed by atoms with Gasteiger partial charge in [-0.2, -0.15) is 0 Å². The maximum Gasteiger partial charge on any atom is 0.124 e. The van der Waals surface area contributed by atoms with Gasteiger partial charge < -0.3 is 15.4 Å². The molecule has 1 aliphatic heterocycles. The molecule has 1 aliphatic rings. The minimum atomic E-state index is 0.787. The lowest BCUT2D eigenvalue weighted by Crippen LogP contribution is -2.46. The Morgan fingerprint density at radius 3 is 2.29 bits per heavy atom. The molecule has 1 saturated heterocycles. The number of piperazine rings is 1. The molecule has 0 radical (unpaired) electrons. The second kappa shape index (κ2) is 13.7. The molecule has 2 aromatic carbocycles. The van der Waals surface area contributed by atoms with Gasteiger partial charge in [-0.3, -0.25) is 4.90 Å². The molecule has 4 nitrogen and oxygen atoms in total. The van der Waals surface area contributed by atoms with Crippen LogP contribution in [0.2, 0.25) is 0 Å². The van der Waals surface area contributed by atoms with Crippen LogP contribution in [0.4, 0.5) is 0 Å². The van der Waals surface area contributed by atoms with Crippen molar-refractivity contribution in [2.75, 3.05) is 45.9 Å². The predicted molar refractivity (Wildman–Crippen MR) is 133 cm³/mol. The van der Waals surface area contributed by atoms with E-state index in [0.29, 0.717) is 0 Å². The third-order valence-corrected chi connectivity index (χ3v) is 6.53. The van der Waals surface area contributed by atoms with Gasteiger partial charge in [0.05, 0.1) is 6.61 Å². The van der Waals surface area contributed by atoms with Gasteiger partial charge in [0.2, 0.25) is 0 Å². The lowest BCUT2D eigenvalue weighted by atomic mass is 10.0. The van der Waals surface area contributed by atoms with Crippen molar-refractivity contribution < 1.29 is 4.74 Å². The smallest absolute Gasteiger partial charge is 0.124 e. The molecule has 3 rings (SSSR count). The summed E-state index contributed by atoms with van der Waals surface area (Å²) in [4.78, 5) is 5.13. The van der Waals surface area contributed by atoms with Gasteiger partial charge in [0.15, 0.2) is 0 Å². The zero-order valence-electron chi connectivity index (χ0n) is 19.7. The first-order chi connectivity index (χ1) is 15.3. The van der Waals surface area contributed by atoms with Gasteiger partial charge >= 0.3 is 0 Å². The Balaban J connectivity index is 1.56. The van der Waals surface area contributed by atoms with Gasteiger partial charge in [-0.25, -0.2) is 0 Å². The van der Waals surface area contributed by atoms with Crippen LogP contribution >= 0.6 is 0 Å². The third-order valence-electron chi connectivity index (χ3n) is 6.53. The molecule has 0 spiro atoms. The zero-order chi connectivity index (χ0) is 21.7. The number of fused-ring (bicyclic) bond motifs is 1. The summed E-state index contributed by atoms with van der Waals surface area (Å²) in [5.74, 6) is 1.08. The SMILES string of the molecule is CCCCCCCCCOc1ccc2ccccc2c1CN1CCN(CCCN)CC1. The molecule has 1 heterocycles. The average Bonchev–Trinajstić information content (AvgIpc) is 2.81. The fourth-order valence-electron chi connectivity index (χ4n) is 4.57. The topological polar surface area (TPSA) is 41.7 Å². The Bertz CT molecular complexity index is 755. The van der Waals surface area contributed by atoms with Crippen molar-refractivity contribution in [3.63, 3.8) is 0 Å². The Morgan fingerprint density at radius 2 is 1.52 bits per heavy atom. The van der Waals surface area contributed by atoms with E-state index in [1.165, 1.54) is 54.9 Å². The molecule has 0 aromatic heterocycles. The molecule has 2 aromatic rings. The van der Waals surface area contributed by atoms with Gasteiger partial charge in [-0.05, 0) is 42.8 Å². The molecule has 0 saturated carbocycles. The number of benzene rings is 2. The van der Waals surface area contributed by atoms with E-state index in [1.54, 1.807) is 0 Å². The highest BCUT2D eigenvalue weighted by molar-refractivity contribution is 5.87. The Kier molecular flexibility index (Phi) is 10.6. The Hall–Kier alpha value is -1.62. The highest BCUT2D eigenvalue weighted by Crippen LogP contribution is 2.30. The number of hydrogen-bond acceptors (Lipinski definition) is 4. The maximum atomic E-state index is 6.34. The minimum Gasteiger partial charge on any atom is -0.493 e. The molecule has 0 aliphatic carbocycles. The van der Waals surface area contributed by atoms with E-state index in [2.05, 4.69) is 53.1 Å². The Morgan fingerprint density at radius 1 is 0.806 bits per heavy atom. The molecule has 0 atom stereocenters. The Labute approximate surface area is 189 Å². The number of unbranched alkanes of at least 4 members (excludes halogenated alkanes) is 6. The second-order valence-corrected chi connectivity index (χ2v) is 8.99. The van der Waals surface area contributed by atoms with Crippen molar-refractivity contribution in [1.29, 1.82) is 0 Å². The number of nitrogens with two attached hydrogens (primary N) is 1. The van der Waals surface area contributed by atoms with Gasteiger partial charge in [0, 0.05) is 38.3 Å². The second-order valence-electron chi connectivity index (χ2n) is 8.99. The minimum absolute atomic E-state index is 0.787. The van der Waals surface area contributed by atoms with Gasteiger partial charge in [-0.15, -0.1) is 0 Å². The van der Waals surface area contributed by atoms with Crippen LogP contribution in [-0.2, 0) is 6.54 Å². The van der Waals surface area contributed by atoms with Crippen LogP contribution in [0, 0.1) is 0 Å². The first kappa shape index (κ1) is 24.0.